The maximum Gasteiger partial charge on any atom is 0.392 e. The van der Waals surface area contributed by atoms with Gasteiger partial charge in [0, 0.05) is 6.42 Å². The number of fused-ring (bicyclic) bond motifs is 1. The van der Waals surface area contributed by atoms with Gasteiger partial charge in [0.05, 0.1) is 11.6 Å². The van der Waals surface area contributed by atoms with E-state index in [4.69, 9.17) is 11.6 Å². The van der Waals surface area contributed by atoms with Crippen LogP contribution in [0.5, 0.6) is 0 Å². The first-order valence-electron chi connectivity index (χ1n) is 4.54. The Balaban J connectivity index is 2.24. The van der Waals surface area contributed by atoms with Gasteiger partial charge in [0.25, 0.3) is 0 Å². The second-order valence-electron chi connectivity index (χ2n) is 3.62. The summed E-state index contributed by atoms with van der Waals surface area (Å²) in [7, 11) is 0. The third-order valence-corrected chi connectivity index (χ3v) is 2.78. The monoisotopic (exact) mass is 236 g/mol. The summed E-state index contributed by atoms with van der Waals surface area (Å²) in [5.41, 5.74) is 1.21. The molecule has 1 aromatic heterocycles. The van der Waals surface area contributed by atoms with Gasteiger partial charge in [-0.15, -0.1) is 5.10 Å². The van der Waals surface area contributed by atoms with Gasteiger partial charge in [-0.05, 0) is 24.5 Å². The molecule has 0 saturated carbocycles. The minimum Gasteiger partial charge on any atom is -0.171 e. The summed E-state index contributed by atoms with van der Waals surface area (Å²) >= 11 is 5.61. The molecule has 1 aromatic rings. The van der Waals surface area contributed by atoms with Gasteiger partial charge in [-0.2, -0.15) is 18.3 Å². The van der Waals surface area contributed by atoms with Crippen molar-refractivity contribution >= 4 is 11.6 Å². The van der Waals surface area contributed by atoms with Crippen molar-refractivity contribution in [2.24, 2.45) is 5.92 Å². The van der Waals surface area contributed by atoms with Crippen LogP contribution in [-0.2, 0) is 12.8 Å². The standard InChI is InChI=1S/C9H8ClF3N2/c10-8-3-5-1-2-6(9(11,12)13)4-7(5)14-15-8/h3,6H,1-2,4H2. The van der Waals surface area contributed by atoms with Gasteiger partial charge in [-0.1, -0.05) is 11.6 Å². The van der Waals surface area contributed by atoms with E-state index in [9.17, 15) is 13.2 Å². The Bertz CT molecular complexity index is 378. The van der Waals surface area contributed by atoms with E-state index in [-0.39, 0.29) is 18.0 Å². The Morgan fingerprint density at radius 2 is 2.07 bits per heavy atom. The lowest BCUT2D eigenvalue weighted by molar-refractivity contribution is -0.177. The first-order chi connectivity index (χ1) is 6.97. The third kappa shape index (κ3) is 2.22. The van der Waals surface area contributed by atoms with E-state index in [1.807, 2.05) is 0 Å². The SMILES string of the molecule is FC(F)(F)C1CCc2cc(Cl)nnc2C1. The predicted octanol–water partition coefficient (Wildman–Crippen LogP) is 2.80. The van der Waals surface area contributed by atoms with Crippen LogP contribution in [0, 0.1) is 5.92 Å². The fraction of sp³-hybridized carbons (Fsp3) is 0.556. The molecule has 0 amide bonds. The molecular weight excluding hydrogens is 229 g/mol. The minimum atomic E-state index is -4.14. The molecule has 1 heterocycles. The maximum absolute atomic E-state index is 12.4. The molecule has 0 bridgehead atoms. The molecule has 82 valence electrons. The fourth-order valence-electron chi connectivity index (χ4n) is 1.76. The predicted molar refractivity (Wildman–Crippen MR) is 48.6 cm³/mol. The minimum absolute atomic E-state index is 0.0804. The highest BCUT2D eigenvalue weighted by molar-refractivity contribution is 6.29. The molecular formula is C9H8ClF3N2. The van der Waals surface area contributed by atoms with E-state index in [1.165, 1.54) is 0 Å². The van der Waals surface area contributed by atoms with E-state index < -0.39 is 12.1 Å². The molecule has 6 heteroatoms. The molecule has 0 saturated heterocycles. The van der Waals surface area contributed by atoms with Crippen molar-refractivity contribution in [3.05, 3.63) is 22.5 Å². The zero-order valence-corrected chi connectivity index (χ0v) is 8.44. The fourth-order valence-corrected chi connectivity index (χ4v) is 1.93. The summed E-state index contributed by atoms with van der Waals surface area (Å²) in [4.78, 5) is 0. The molecule has 0 aliphatic heterocycles. The van der Waals surface area contributed by atoms with Crippen molar-refractivity contribution in [3.63, 3.8) is 0 Å². The molecule has 2 rings (SSSR count). The van der Waals surface area contributed by atoms with Crippen LogP contribution in [0.25, 0.3) is 0 Å². The first-order valence-corrected chi connectivity index (χ1v) is 4.92. The summed E-state index contributed by atoms with van der Waals surface area (Å²) in [6.07, 6.45) is -3.74. The summed E-state index contributed by atoms with van der Waals surface area (Å²) in [6, 6.07) is 1.59. The summed E-state index contributed by atoms with van der Waals surface area (Å²) in [6.45, 7) is 0. The Labute approximate surface area is 89.5 Å². The molecule has 1 aliphatic carbocycles. The van der Waals surface area contributed by atoms with Gasteiger partial charge in [0.2, 0.25) is 0 Å². The Kier molecular flexibility index (Phi) is 2.58. The number of rotatable bonds is 0. The topological polar surface area (TPSA) is 25.8 Å². The highest BCUT2D eigenvalue weighted by atomic mass is 35.5. The van der Waals surface area contributed by atoms with Crippen LogP contribution in [0.4, 0.5) is 13.2 Å². The van der Waals surface area contributed by atoms with E-state index in [2.05, 4.69) is 10.2 Å². The average molecular weight is 237 g/mol. The molecule has 2 nitrogen and oxygen atoms in total. The Morgan fingerprint density at radius 1 is 1.33 bits per heavy atom. The van der Waals surface area contributed by atoms with Crippen molar-refractivity contribution in [2.75, 3.05) is 0 Å². The molecule has 0 N–H and O–H groups in total. The van der Waals surface area contributed by atoms with Crippen LogP contribution < -0.4 is 0 Å². The number of nitrogens with zero attached hydrogens (tertiary/aromatic N) is 2. The van der Waals surface area contributed by atoms with Gasteiger partial charge in [-0.25, -0.2) is 0 Å². The molecule has 0 radical (unpaired) electrons. The normalized spacial score (nSPS) is 21.2. The van der Waals surface area contributed by atoms with Crippen LogP contribution in [0.15, 0.2) is 6.07 Å². The third-order valence-electron chi connectivity index (χ3n) is 2.60. The second kappa shape index (κ2) is 3.63. The molecule has 1 unspecified atom stereocenters. The average Bonchev–Trinajstić information content (AvgIpc) is 2.15. The highest BCUT2D eigenvalue weighted by Gasteiger charge is 2.41. The second-order valence-corrected chi connectivity index (χ2v) is 4.01. The molecule has 0 aromatic carbocycles. The molecule has 15 heavy (non-hydrogen) atoms. The maximum atomic E-state index is 12.4. The zero-order chi connectivity index (χ0) is 11.1. The van der Waals surface area contributed by atoms with Crippen LogP contribution >= 0.6 is 11.6 Å². The lowest BCUT2D eigenvalue weighted by atomic mass is 9.87. The number of hydrogen-bond acceptors (Lipinski definition) is 2. The number of aryl methyl sites for hydroxylation is 1. The van der Waals surface area contributed by atoms with Gasteiger partial charge in [0.1, 0.15) is 0 Å². The van der Waals surface area contributed by atoms with Gasteiger partial charge in [-0.3, -0.25) is 0 Å². The Morgan fingerprint density at radius 3 is 2.73 bits per heavy atom. The van der Waals surface area contributed by atoms with Crippen LogP contribution in [0.1, 0.15) is 17.7 Å². The first kappa shape index (κ1) is 10.7. The van der Waals surface area contributed by atoms with E-state index in [1.54, 1.807) is 6.07 Å². The largest absolute Gasteiger partial charge is 0.392 e. The van der Waals surface area contributed by atoms with Crippen LogP contribution in [0.2, 0.25) is 5.15 Å². The van der Waals surface area contributed by atoms with Gasteiger partial charge >= 0.3 is 6.18 Å². The van der Waals surface area contributed by atoms with Crippen molar-refractivity contribution in [2.45, 2.75) is 25.4 Å². The summed E-state index contributed by atoms with van der Waals surface area (Å²) in [5, 5.41) is 7.49. The van der Waals surface area contributed by atoms with Crippen LogP contribution in [0.3, 0.4) is 0 Å². The Hall–Kier alpha value is -0.840. The molecule has 1 atom stereocenters. The van der Waals surface area contributed by atoms with Crippen molar-refractivity contribution in [1.82, 2.24) is 10.2 Å². The smallest absolute Gasteiger partial charge is 0.171 e. The lowest BCUT2D eigenvalue weighted by Gasteiger charge is -2.25. The quantitative estimate of drug-likeness (QED) is 0.692. The number of halogens is 4. The number of hydrogen-bond donors (Lipinski definition) is 0. The van der Waals surface area contributed by atoms with E-state index in [0.29, 0.717) is 12.1 Å². The van der Waals surface area contributed by atoms with E-state index >= 15 is 0 Å². The van der Waals surface area contributed by atoms with Gasteiger partial charge in [0.15, 0.2) is 5.15 Å². The highest BCUT2D eigenvalue weighted by Crippen LogP contribution is 2.36. The summed E-state index contributed by atoms with van der Waals surface area (Å²) < 4.78 is 37.3. The lowest BCUT2D eigenvalue weighted by Crippen LogP contribution is -2.29. The van der Waals surface area contributed by atoms with Crippen molar-refractivity contribution in [3.8, 4) is 0 Å². The van der Waals surface area contributed by atoms with Crippen molar-refractivity contribution in [1.29, 1.82) is 0 Å². The molecule has 1 aliphatic rings. The van der Waals surface area contributed by atoms with Crippen molar-refractivity contribution < 1.29 is 13.2 Å². The zero-order valence-electron chi connectivity index (χ0n) is 7.68. The van der Waals surface area contributed by atoms with Gasteiger partial charge < -0.3 is 0 Å². The summed E-state index contributed by atoms with van der Waals surface area (Å²) in [5.74, 6) is -1.29. The molecule has 0 fully saturated rings. The number of aromatic nitrogens is 2. The van der Waals surface area contributed by atoms with Crippen LogP contribution in [-0.4, -0.2) is 16.4 Å². The number of alkyl halides is 3. The molecule has 0 spiro atoms. The van der Waals surface area contributed by atoms with E-state index in [0.717, 1.165) is 5.56 Å².